The van der Waals surface area contributed by atoms with Crippen LogP contribution in [0, 0.1) is 30.6 Å². The molecule has 1 aromatic carbocycles. The molecular formula is C22H19ClN2O3. The first-order valence-electron chi connectivity index (χ1n) is 9.49. The van der Waals surface area contributed by atoms with Crippen molar-refractivity contribution in [2.45, 2.75) is 19.8 Å². The van der Waals surface area contributed by atoms with Crippen LogP contribution in [0.3, 0.4) is 0 Å². The summed E-state index contributed by atoms with van der Waals surface area (Å²) < 4.78 is 5.84. The maximum absolute atomic E-state index is 12.8. The minimum atomic E-state index is -0.255. The molecule has 1 saturated carbocycles. The van der Waals surface area contributed by atoms with Crippen LogP contribution in [-0.4, -0.2) is 23.0 Å². The van der Waals surface area contributed by atoms with Crippen LogP contribution in [0.1, 0.15) is 24.2 Å². The minimum Gasteiger partial charge on any atom is -0.455 e. The lowest BCUT2D eigenvalue weighted by atomic mass is 9.63. The number of hydrogen-bond donors (Lipinski definition) is 0. The fraction of sp³-hybridized carbons (Fsp3) is 0.318. The van der Waals surface area contributed by atoms with Crippen molar-refractivity contribution < 1.29 is 14.0 Å². The fourth-order valence-electron chi connectivity index (χ4n) is 4.71. The zero-order valence-electron chi connectivity index (χ0n) is 15.3. The van der Waals surface area contributed by atoms with Crippen molar-refractivity contribution in [1.82, 2.24) is 5.01 Å². The third-order valence-electron chi connectivity index (χ3n) is 6.13. The Hall–Kier alpha value is -2.66. The number of aryl methyl sites for hydroxylation is 1. The molecule has 0 N–H and O–H groups in total. The Labute approximate surface area is 167 Å². The van der Waals surface area contributed by atoms with Gasteiger partial charge in [-0.05, 0) is 61.4 Å². The molecule has 1 aliphatic heterocycles. The maximum Gasteiger partial charge on any atom is 0.254 e. The van der Waals surface area contributed by atoms with Gasteiger partial charge in [0, 0.05) is 10.6 Å². The molecule has 0 radical (unpaired) electrons. The highest BCUT2D eigenvalue weighted by molar-refractivity contribution is 6.30. The van der Waals surface area contributed by atoms with E-state index in [1.54, 1.807) is 6.07 Å². The van der Waals surface area contributed by atoms with Crippen LogP contribution >= 0.6 is 11.6 Å². The Morgan fingerprint density at radius 1 is 1.07 bits per heavy atom. The summed E-state index contributed by atoms with van der Waals surface area (Å²) in [5, 5.41) is 5.86. The van der Waals surface area contributed by atoms with Gasteiger partial charge >= 0.3 is 0 Å². The van der Waals surface area contributed by atoms with E-state index in [1.807, 2.05) is 31.2 Å². The Balaban J connectivity index is 1.39. The molecule has 3 aliphatic carbocycles. The van der Waals surface area contributed by atoms with Gasteiger partial charge < -0.3 is 4.42 Å². The number of furan rings is 1. The van der Waals surface area contributed by atoms with Crippen molar-refractivity contribution in [2.75, 3.05) is 0 Å². The third-order valence-corrected chi connectivity index (χ3v) is 6.36. The van der Waals surface area contributed by atoms with Crippen molar-refractivity contribution in [3.8, 4) is 11.3 Å². The predicted molar refractivity (Wildman–Crippen MR) is 106 cm³/mol. The molecule has 1 aromatic heterocycles. The smallest absolute Gasteiger partial charge is 0.254 e. The number of rotatable bonds is 3. The van der Waals surface area contributed by atoms with E-state index in [4.69, 9.17) is 16.0 Å². The fourth-order valence-corrected chi connectivity index (χ4v) is 4.89. The molecule has 142 valence electrons. The summed E-state index contributed by atoms with van der Waals surface area (Å²) in [6.07, 6.45) is 7.57. The van der Waals surface area contributed by atoms with E-state index in [2.05, 4.69) is 17.3 Å². The molecule has 6 heteroatoms. The first-order chi connectivity index (χ1) is 13.5. The first-order valence-corrected chi connectivity index (χ1v) is 9.87. The van der Waals surface area contributed by atoms with Crippen LogP contribution in [0.25, 0.3) is 11.3 Å². The number of benzene rings is 1. The Morgan fingerprint density at radius 2 is 1.75 bits per heavy atom. The van der Waals surface area contributed by atoms with E-state index < -0.39 is 0 Å². The molecule has 4 atom stereocenters. The SMILES string of the molecule is Cc1ccc(Cl)cc1-c1ccc(/C=N\N2C(=O)[C@@H]3[C@H](C2=O)[C@H]2C=C[C@H]3CC2)o1. The number of amides is 2. The van der Waals surface area contributed by atoms with Crippen LogP contribution < -0.4 is 0 Å². The second kappa shape index (κ2) is 6.45. The normalized spacial score (nSPS) is 28.6. The lowest BCUT2D eigenvalue weighted by Gasteiger charge is -2.37. The zero-order chi connectivity index (χ0) is 19.4. The highest BCUT2D eigenvalue weighted by atomic mass is 35.5. The monoisotopic (exact) mass is 394 g/mol. The molecule has 2 aromatic rings. The first kappa shape index (κ1) is 17.4. The van der Waals surface area contributed by atoms with Crippen molar-refractivity contribution in [1.29, 1.82) is 0 Å². The molecule has 6 rings (SSSR count). The van der Waals surface area contributed by atoms with E-state index in [0.717, 1.165) is 29.0 Å². The second-order valence-electron chi connectivity index (χ2n) is 7.74. The van der Waals surface area contributed by atoms with Crippen molar-refractivity contribution in [2.24, 2.45) is 28.8 Å². The van der Waals surface area contributed by atoms with Crippen LogP contribution in [0.5, 0.6) is 0 Å². The van der Waals surface area contributed by atoms with Crippen LogP contribution in [-0.2, 0) is 9.59 Å². The standard InChI is InChI=1S/C22H19ClN2O3/c1-12-2-7-15(23)10-17(12)18-9-8-16(28-18)11-24-25-21(26)19-13-3-4-14(6-5-13)20(19)22(25)27/h2-4,7-11,13-14,19-20H,5-6H2,1H3/b24-11-/t13-,14-,19-,20+/m0/s1. The van der Waals surface area contributed by atoms with Gasteiger partial charge in [-0.15, -0.1) is 0 Å². The minimum absolute atomic E-state index is 0.160. The third kappa shape index (κ3) is 2.65. The summed E-state index contributed by atoms with van der Waals surface area (Å²) in [6, 6.07) is 9.20. The molecule has 2 amide bonds. The average Bonchev–Trinajstić information content (AvgIpc) is 3.28. The van der Waals surface area contributed by atoms with Gasteiger partial charge in [0.05, 0.1) is 18.1 Å². The Kier molecular flexibility index (Phi) is 4.02. The van der Waals surface area contributed by atoms with Crippen molar-refractivity contribution in [3.63, 3.8) is 0 Å². The molecular weight excluding hydrogens is 376 g/mol. The number of hydrazone groups is 1. The number of hydrogen-bond acceptors (Lipinski definition) is 4. The van der Waals surface area contributed by atoms with Gasteiger partial charge in [0.1, 0.15) is 11.5 Å². The van der Waals surface area contributed by atoms with E-state index in [0.29, 0.717) is 16.5 Å². The van der Waals surface area contributed by atoms with Crippen LogP contribution in [0.15, 0.2) is 52.0 Å². The quantitative estimate of drug-likeness (QED) is 0.439. The summed E-state index contributed by atoms with van der Waals surface area (Å²) in [4.78, 5) is 25.6. The number of halogens is 1. The second-order valence-corrected chi connectivity index (χ2v) is 8.17. The molecule has 1 saturated heterocycles. The molecule has 0 spiro atoms. The molecule has 0 unspecified atom stereocenters. The largest absolute Gasteiger partial charge is 0.455 e. The number of fused-ring (bicyclic) bond motifs is 1. The molecule has 4 aliphatic rings. The maximum atomic E-state index is 12.8. The van der Waals surface area contributed by atoms with Gasteiger partial charge in [0.25, 0.3) is 11.8 Å². The molecule has 2 fully saturated rings. The summed E-state index contributed by atoms with van der Waals surface area (Å²) in [6.45, 7) is 1.98. The summed E-state index contributed by atoms with van der Waals surface area (Å²) in [7, 11) is 0. The lowest BCUT2D eigenvalue weighted by molar-refractivity contribution is -0.140. The van der Waals surface area contributed by atoms with Crippen molar-refractivity contribution in [3.05, 3.63) is 58.8 Å². The average molecular weight is 395 g/mol. The lowest BCUT2D eigenvalue weighted by Crippen LogP contribution is -2.38. The van der Waals surface area contributed by atoms with E-state index in [1.165, 1.54) is 6.21 Å². The molecule has 2 bridgehead atoms. The van der Waals surface area contributed by atoms with Gasteiger partial charge in [-0.1, -0.05) is 29.8 Å². The number of allylic oxidation sites excluding steroid dienone is 2. The topological polar surface area (TPSA) is 62.9 Å². The van der Waals surface area contributed by atoms with E-state index >= 15 is 0 Å². The summed E-state index contributed by atoms with van der Waals surface area (Å²) >= 11 is 6.09. The Bertz CT molecular complexity index is 1010. The molecule has 2 heterocycles. The highest BCUT2D eigenvalue weighted by Gasteiger charge is 2.56. The van der Waals surface area contributed by atoms with E-state index in [-0.39, 0.29) is 35.5 Å². The molecule has 5 nitrogen and oxygen atoms in total. The van der Waals surface area contributed by atoms with E-state index in [9.17, 15) is 9.59 Å². The molecule has 28 heavy (non-hydrogen) atoms. The number of nitrogens with zero attached hydrogens (tertiary/aromatic N) is 2. The zero-order valence-corrected chi connectivity index (χ0v) is 16.1. The van der Waals surface area contributed by atoms with Gasteiger partial charge in [-0.3, -0.25) is 9.59 Å². The van der Waals surface area contributed by atoms with Gasteiger partial charge in [0.2, 0.25) is 0 Å². The predicted octanol–water partition coefficient (Wildman–Crippen LogP) is 4.44. The van der Waals surface area contributed by atoms with Crippen LogP contribution in [0.2, 0.25) is 5.02 Å². The number of carbonyl (C=O) groups excluding carboxylic acids is 2. The van der Waals surface area contributed by atoms with Gasteiger partial charge in [-0.2, -0.15) is 10.1 Å². The van der Waals surface area contributed by atoms with Crippen molar-refractivity contribution >= 4 is 29.6 Å². The summed E-state index contributed by atoms with van der Waals surface area (Å²) in [5.41, 5.74) is 1.94. The number of imide groups is 1. The highest BCUT2D eigenvalue weighted by Crippen LogP contribution is 2.49. The number of carbonyl (C=O) groups is 2. The van der Waals surface area contributed by atoms with Gasteiger partial charge in [-0.25, -0.2) is 0 Å². The van der Waals surface area contributed by atoms with Gasteiger partial charge in [0.15, 0.2) is 0 Å². The summed E-state index contributed by atoms with van der Waals surface area (Å²) in [5.74, 6) is 0.567. The Morgan fingerprint density at radius 3 is 2.39 bits per heavy atom. The van der Waals surface area contributed by atoms with Crippen LogP contribution in [0.4, 0.5) is 0 Å².